The van der Waals surface area contributed by atoms with Gasteiger partial charge >= 0.3 is 0 Å². The van der Waals surface area contributed by atoms with Gasteiger partial charge in [0.2, 0.25) is 11.1 Å². The van der Waals surface area contributed by atoms with Crippen molar-refractivity contribution < 1.29 is 9.53 Å². The van der Waals surface area contributed by atoms with Crippen molar-refractivity contribution in [3.05, 3.63) is 5.82 Å². The number of aromatic amines is 1. The van der Waals surface area contributed by atoms with Crippen molar-refractivity contribution in [3.8, 4) is 0 Å². The van der Waals surface area contributed by atoms with Gasteiger partial charge in [-0.3, -0.25) is 9.89 Å². The van der Waals surface area contributed by atoms with Crippen molar-refractivity contribution >= 4 is 17.7 Å². The van der Waals surface area contributed by atoms with Crippen LogP contribution in [0.3, 0.4) is 0 Å². The number of carbonyl (C=O) groups excluding carboxylic acids is 1. The predicted molar refractivity (Wildman–Crippen MR) is 89.4 cm³/mol. The Morgan fingerprint density at radius 3 is 3.04 bits per heavy atom. The third kappa shape index (κ3) is 4.94. The number of morpholine rings is 1. The second kappa shape index (κ2) is 8.15. The van der Waals surface area contributed by atoms with Crippen LogP contribution < -0.4 is 0 Å². The third-order valence-corrected chi connectivity index (χ3v) is 5.53. The zero-order chi connectivity index (χ0) is 16.1. The number of nitrogens with one attached hydrogen (secondary N) is 1. The summed E-state index contributed by atoms with van der Waals surface area (Å²) in [6.45, 7) is 3.99. The van der Waals surface area contributed by atoms with E-state index in [1.54, 1.807) is 0 Å². The van der Waals surface area contributed by atoms with Crippen LogP contribution in [0.2, 0.25) is 0 Å². The van der Waals surface area contributed by atoms with Crippen molar-refractivity contribution in [2.24, 2.45) is 5.92 Å². The van der Waals surface area contributed by atoms with Gasteiger partial charge in [-0.1, -0.05) is 37.4 Å². The van der Waals surface area contributed by atoms with E-state index in [-0.39, 0.29) is 12.0 Å². The van der Waals surface area contributed by atoms with Gasteiger partial charge in [0.05, 0.1) is 18.5 Å². The Morgan fingerprint density at radius 1 is 1.43 bits per heavy atom. The minimum atomic E-state index is 0.128. The summed E-state index contributed by atoms with van der Waals surface area (Å²) >= 11 is 1.42. The van der Waals surface area contributed by atoms with Gasteiger partial charge in [0.25, 0.3) is 0 Å². The maximum Gasteiger partial charge on any atom is 0.233 e. The molecule has 3 rings (SSSR count). The van der Waals surface area contributed by atoms with Crippen LogP contribution in [0, 0.1) is 5.92 Å². The van der Waals surface area contributed by atoms with E-state index >= 15 is 0 Å². The molecule has 1 amide bonds. The van der Waals surface area contributed by atoms with Crippen LogP contribution in [-0.4, -0.2) is 57.5 Å². The van der Waals surface area contributed by atoms with Crippen LogP contribution in [0.4, 0.5) is 0 Å². The number of thioether (sulfide) groups is 1. The molecule has 1 atom stereocenters. The number of ether oxygens (including phenoxy) is 1. The average Bonchev–Trinajstić information content (AvgIpc) is 3.22. The molecule has 6 nitrogen and oxygen atoms in total. The molecule has 2 aliphatic rings. The summed E-state index contributed by atoms with van der Waals surface area (Å²) in [5, 5.41) is 7.92. The molecule has 1 N–H and O–H groups in total. The molecule has 1 aliphatic carbocycles. The third-order valence-electron chi connectivity index (χ3n) is 4.69. The lowest BCUT2D eigenvalue weighted by atomic mass is 10.0. The van der Waals surface area contributed by atoms with Gasteiger partial charge in [-0.05, 0) is 19.3 Å². The quantitative estimate of drug-likeness (QED) is 0.806. The summed E-state index contributed by atoms with van der Waals surface area (Å²) in [7, 11) is 0. The topological polar surface area (TPSA) is 71.1 Å². The van der Waals surface area contributed by atoms with Crippen LogP contribution in [0.5, 0.6) is 0 Å². The molecule has 2 fully saturated rings. The fourth-order valence-electron chi connectivity index (χ4n) is 3.36. The summed E-state index contributed by atoms with van der Waals surface area (Å²) in [6, 6.07) is 0. The number of rotatable bonds is 6. The molecular weight excluding hydrogens is 312 g/mol. The van der Waals surface area contributed by atoms with Crippen molar-refractivity contribution in [1.29, 1.82) is 0 Å². The maximum absolute atomic E-state index is 12.2. The van der Waals surface area contributed by atoms with Gasteiger partial charge in [0.1, 0.15) is 5.82 Å². The minimum absolute atomic E-state index is 0.128. The Kier molecular flexibility index (Phi) is 5.94. The summed E-state index contributed by atoms with van der Waals surface area (Å²) in [4.78, 5) is 18.6. The Labute approximate surface area is 141 Å². The molecule has 0 unspecified atom stereocenters. The normalized spacial score (nSPS) is 22.7. The van der Waals surface area contributed by atoms with E-state index in [2.05, 4.69) is 15.2 Å². The molecule has 7 heteroatoms. The van der Waals surface area contributed by atoms with Crippen LogP contribution in [0.1, 0.15) is 44.9 Å². The second-order valence-electron chi connectivity index (χ2n) is 6.56. The number of hydrogen-bond acceptors (Lipinski definition) is 5. The number of nitrogens with zero attached hydrogens (tertiary/aromatic N) is 3. The fraction of sp³-hybridized carbons (Fsp3) is 0.812. The maximum atomic E-state index is 12.2. The first kappa shape index (κ1) is 16.8. The molecule has 1 aliphatic heterocycles. The average molecular weight is 338 g/mol. The molecule has 0 radical (unpaired) electrons. The van der Waals surface area contributed by atoms with Gasteiger partial charge < -0.3 is 9.64 Å². The zero-order valence-electron chi connectivity index (χ0n) is 13.8. The molecule has 23 heavy (non-hydrogen) atoms. The van der Waals surface area contributed by atoms with E-state index in [1.807, 2.05) is 11.8 Å². The van der Waals surface area contributed by atoms with E-state index in [0.29, 0.717) is 30.6 Å². The minimum Gasteiger partial charge on any atom is -0.375 e. The lowest BCUT2D eigenvalue weighted by molar-refractivity contribution is -0.135. The zero-order valence-corrected chi connectivity index (χ0v) is 14.6. The Balaban J connectivity index is 1.40. The van der Waals surface area contributed by atoms with E-state index in [0.717, 1.165) is 18.2 Å². The largest absolute Gasteiger partial charge is 0.375 e. The summed E-state index contributed by atoms with van der Waals surface area (Å²) in [6.07, 6.45) is 7.78. The number of aryl methyl sites for hydroxylation is 1. The lowest BCUT2D eigenvalue weighted by Gasteiger charge is -2.31. The monoisotopic (exact) mass is 338 g/mol. The van der Waals surface area contributed by atoms with Crippen molar-refractivity contribution in [3.63, 3.8) is 0 Å². The van der Waals surface area contributed by atoms with Crippen molar-refractivity contribution in [1.82, 2.24) is 20.1 Å². The van der Waals surface area contributed by atoms with Gasteiger partial charge in [-0.15, -0.1) is 5.10 Å². The highest BCUT2D eigenvalue weighted by Gasteiger charge is 2.22. The van der Waals surface area contributed by atoms with E-state index in [4.69, 9.17) is 4.74 Å². The predicted octanol–water partition coefficient (Wildman–Crippen LogP) is 2.27. The first-order chi connectivity index (χ1) is 11.2. The molecule has 0 aromatic carbocycles. The first-order valence-electron chi connectivity index (χ1n) is 8.64. The highest BCUT2D eigenvalue weighted by Crippen LogP contribution is 2.28. The number of carbonyl (C=O) groups is 1. The number of H-pyrrole nitrogens is 1. The fourth-order valence-corrected chi connectivity index (χ4v) is 4.08. The lowest BCUT2D eigenvalue weighted by Crippen LogP contribution is -2.45. The van der Waals surface area contributed by atoms with Gasteiger partial charge in [-0.2, -0.15) is 0 Å². The highest BCUT2D eigenvalue weighted by atomic mass is 32.2. The number of aromatic nitrogens is 3. The molecule has 0 bridgehead atoms. The summed E-state index contributed by atoms with van der Waals surface area (Å²) < 4.78 is 5.46. The van der Waals surface area contributed by atoms with Crippen molar-refractivity contribution in [2.75, 3.05) is 25.4 Å². The summed E-state index contributed by atoms with van der Waals surface area (Å²) in [5.74, 6) is 2.35. The van der Waals surface area contributed by atoms with Gasteiger partial charge in [0, 0.05) is 19.5 Å². The molecule has 1 aromatic rings. The van der Waals surface area contributed by atoms with Gasteiger partial charge in [0.15, 0.2) is 0 Å². The van der Waals surface area contributed by atoms with E-state index < -0.39 is 0 Å². The molecule has 1 saturated heterocycles. The smallest absolute Gasteiger partial charge is 0.233 e. The van der Waals surface area contributed by atoms with E-state index in [9.17, 15) is 4.79 Å². The molecule has 1 saturated carbocycles. The number of hydrogen-bond donors (Lipinski definition) is 1. The Morgan fingerprint density at radius 2 is 2.26 bits per heavy atom. The molecular formula is C16H26N4O2S. The molecule has 0 spiro atoms. The van der Waals surface area contributed by atoms with Crippen LogP contribution >= 0.6 is 11.8 Å². The molecule has 128 valence electrons. The number of amides is 1. The van der Waals surface area contributed by atoms with Gasteiger partial charge in [-0.25, -0.2) is 4.98 Å². The SMILES string of the molecule is C[C@@H]1CN(C(=O)CSc2n[nH]c(CCC3CCCC3)n2)CCO1. The Bertz CT molecular complexity index is 516. The van der Waals surface area contributed by atoms with Crippen molar-refractivity contribution in [2.45, 2.75) is 56.7 Å². The van der Waals surface area contributed by atoms with E-state index in [1.165, 1.54) is 43.9 Å². The van der Waals surface area contributed by atoms with Crippen LogP contribution in [0.15, 0.2) is 5.16 Å². The van der Waals surface area contributed by atoms with Crippen LogP contribution in [0.25, 0.3) is 0 Å². The first-order valence-corrected chi connectivity index (χ1v) is 9.62. The second-order valence-corrected chi connectivity index (χ2v) is 7.51. The molecule has 2 heterocycles. The molecule has 1 aromatic heterocycles. The Hall–Kier alpha value is -1.08. The summed E-state index contributed by atoms with van der Waals surface area (Å²) in [5.41, 5.74) is 0. The standard InChI is InChI=1S/C16H26N4O2S/c1-12-10-20(8-9-22-12)15(21)11-23-16-17-14(18-19-16)7-6-13-4-2-3-5-13/h12-13H,2-11H2,1H3,(H,17,18,19)/t12-/m1/s1. The van der Waals surface area contributed by atoms with Crippen LogP contribution in [-0.2, 0) is 16.0 Å². The highest BCUT2D eigenvalue weighted by molar-refractivity contribution is 7.99.